The number of ketones is 1. The van der Waals surface area contributed by atoms with Crippen LogP contribution in [0.25, 0.3) is 10.8 Å². The summed E-state index contributed by atoms with van der Waals surface area (Å²) in [6.45, 7) is 14.9. The van der Waals surface area contributed by atoms with E-state index in [0.29, 0.717) is 0 Å². The van der Waals surface area contributed by atoms with Crippen molar-refractivity contribution in [2.24, 2.45) is 16.8 Å². The van der Waals surface area contributed by atoms with Crippen LogP contribution in [0.15, 0.2) is 95.7 Å². The maximum absolute atomic E-state index is 11.7. The maximum atomic E-state index is 11.7. The predicted octanol–water partition coefficient (Wildman–Crippen LogP) is 11.2. The topological polar surface area (TPSA) is 58.9 Å². The van der Waals surface area contributed by atoms with Crippen molar-refractivity contribution in [1.82, 2.24) is 0 Å². The van der Waals surface area contributed by atoms with Crippen LogP contribution >= 0.6 is 0 Å². The number of rotatable bonds is 8. The smallest absolute Gasteiger partial charge is 0.162 e. The molecule has 2 atom stereocenters. The van der Waals surface area contributed by atoms with Crippen molar-refractivity contribution < 1.29 is 34.7 Å². The van der Waals surface area contributed by atoms with Crippen molar-refractivity contribution >= 4 is 28.0 Å². The van der Waals surface area contributed by atoms with E-state index in [-0.39, 0.29) is 60.9 Å². The largest absolute Gasteiger partial charge is 0.512 e. The predicted molar refractivity (Wildman–Crippen MR) is 191 cm³/mol. The maximum Gasteiger partial charge on any atom is 0.162 e. The van der Waals surface area contributed by atoms with Crippen LogP contribution in [0.5, 0.6) is 5.75 Å². The Morgan fingerprint density at radius 2 is 1.47 bits per heavy atom. The number of allylic oxidation sites excluding steroid dienone is 2. The van der Waals surface area contributed by atoms with Gasteiger partial charge in [-0.05, 0) is 48.9 Å². The number of ether oxygens (including phenoxy) is 1. The Kier molecular flexibility index (Phi) is 12.0. The third-order valence-electron chi connectivity index (χ3n) is 9.53. The van der Waals surface area contributed by atoms with Crippen molar-refractivity contribution in [3.8, 4) is 5.75 Å². The molecular weight excluding hydrogens is 759 g/mol. The normalized spacial score (nSPS) is 16.7. The molecule has 2 unspecified atom stereocenters. The molecule has 0 amide bonds. The number of benzene rings is 4. The minimum absolute atomic E-state index is 0. The molecule has 2 aliphatic heterocycles. The molecule has 0 bridgehead atoms. The number of carbonyl (C=O) groups is 1. The van der Waals surface area contributed by atoms with Gasteiger partial charge in [0.25, 0.3) is 0 Å². The van der Waals surface area contributed by atoms with E-state index in [9.17, 15) is 9.90 Å². The van der Waals surface area contributed by atoms with Crippen molar-refractivity contribution in [3.63, 3.8) is 0 Å². The Hall–Kier alpha value is -3.53. The van der Waals surface area contributed by atoms with E-state index in [1.807, 2.05) is 39.8 Å². The van der Waals surface area contributed by atoms with E-state index in [1.54, 1.807) is 0 Å². The van der Waals surface area contributed by atoms with Gasteiger partial charge in [-0.2, -0.15) is 0 Å². The molecule has 2 heterocycles. The molecule has 1 radical (unpaired) electrons. The Balaban J connectivity index is 0.000000269. The summed E-state index contributed by atoms with van der Waals surface area (Å²) >= 11 is 0. The molecule has 0 saturated heterocycles. The number of hydrogen-bond acceptors (Lipinski definition) is 4. The second-order valence-corrected chi connectivity index (χ2v) is 13.5. The zero-order valence-electron chi connectivity index (χ0n) is 28.8. The molecule has 0 aromatic heterocycles. The summed E-state index contributed by atoms with van der Waals surface area (Å²) in [6, 6.07) is 31.3. The van der Waals surface area contributed by atoms with Gasteiger partial charge < -0.3 is 9.84 Å². The van der Waals surface area contributed by atoms with Crippen LogP contribution in [0.1, 0.15) is 108 Å². The fourth-order valence-electron chi connectivity index (χ4n) is 6.77. The van der Waals surface area contributed by atoms with E-state index in [1.165, 1.54) is 22.6 Å². The summed E-state index contributed by atoms with van der Waals surface area (Å²) in [7, 11) is 0. The minimum Gasteiger partial charge on any atom is -0.512 e. The first-order valence-electron chi connectivity index (χ1n) is 16.9. The summed E-state index contributed by atoms with van der Waals surface area (Å²) in [5.41, 5.74) is 6.80. The molecule has 0 saturated carbocycles. The van der Waals surface area contributed by atoms with Gasteiger partial charge in [-0.3, -0.25) is 9.79 Å². The van der Waals surface area contributed by atoms with Gasteiger partial charge >= 0.3 is 0 Å². The molecular formula is C42H48IrNO3-. The molecule has 2 aliphatic rings. The molecule has 6 rings (SSSR count). The first-order valence-corrected chi connectivity index (χ1v) is 16.9. The summed E-state index contributed by atoms with van der Waals surface area (Å²) in [6.07, 6.45) is 4.85. The van der Waals surface area contributed by atoms with Crippen LogP contribution in [0, 0.1) is 17.9 Å². The fourth-order valence-corrected chi connectivity index (χ4v) is 6.77. The van der Waals surface area contributed by atoms with Crippen LogP contribution in [-0.2, 0) is 30.3 Å². The average molecular weight is 807 g/mol. The molecule has 0 aliphatic carbocycles. The standard InChI is InChI=1S/C29H24NO.C13H24O2.Ir/c1-29(2,3)23-17-19(16-18-10-4-5-11-20(18)23)27-26-22-13-7-9-15-25(22)31-28(26)21-12-6-8-14-24(21)30-27;1-5-10(6-2)12(14)9-13(15)11(7-3)8-4;/h4-15,17,26,28H,1-3H3;9-11,14H,5-8H2,1-4H3;/q-1;;/b;12-9-;. The minimum atomic E-state index is -0.0564. The number of aliphatic hydroxyl groups is 1. The van der Waals surface area contributed by atoms with Gasteiger partial charge in [0.2, 0.25) is 0 Å². The number of fused-ring (bicyclic) bond motifs is 6. The number of aliphatic hydroxyl groups excluding tert-OH is 1. The zero-order chi connectivity index (χ0) is 33.0. The SMILES string of the molecule is CC(C)(C)c1cc(C2=Nc3ccccc3C3Oc4ccccc4C23)[c-]c2ccccc12.CCC(CC)C(=O)/C=C(\O)C(CC)CC.[Ir]. The molecule has 47 heavy (non-hydrogen) atoms. The Morgan fingerprint density at radius 3 is 2.13 bits per heavy atom. The van der Waals surface area contributed by atoms with Crippen LogP contribution < -0.4 is 4.74 Å². The third kappa shape index (κ3) is 7.63. The molecule has 0 spiro atoms. The zero-order valence-corrected chi connectivity index (χ0v) is 31.2. The molecule has 4 aromatic carbocycles. The number of nitrogens with zero attached hydrogens (tertiary/aromatic N) is 1. The van der Waals surface area contributed by atoms with Crippen LogP contribution in [0.2, 0.25) is 0 Å². The van der Waals surface area contributed by atoms with Crippen molar-refractivity contribution in [2.75, 3.05) is 0 Å². The van der Waals surface area contributed by atoms with E-state index in [4.69, 9.17) is 9.73 Å². The third-order valence-corrected chi connectivity index (χ3v) is 9.53. The van der Waals surface area contributed by atoms with Gasteiger partial charge in [-0.25, -0.2) is 0 Å². The van der Waals surface area contributed by atoms with Crippen molar-refractivity contribution in [2.45, 2.75) is 91.6 Å². The molecule has 0 fully saturated rings. The summed E-state index contributed by atoms with van der Waals surface area (Å²) in [4.78, 5) is 16.9. The first-order chi connectivity index (χ1) is 22.1. The summed E-state index contributed by atoms with van der Waals surface area (Å²) < 4.78 is 6.48. The van der Waals surface area contributed by atoms with Gasteiger partial charge in [0.15, 0.2) is 5.78 Å². The molecule has 4 nitrogen and oxygen atoms in total. The first kappa shape index (κ1) is 36.3. The van der Waals surface area contributed by atoms with E-state index >= 15 is 0 Å². The van der Waals surface area contributed by atoms with Crippen LogP contribution in [0.4, 0.5) is 5.69 Å². The molecule has 249 valence electrons. The molecule has 5 heteroatoms. The van der Waals surface area contributed by atoms with Crippen LogP contribution in [0.3, 0.4) is 0 Å². The van der Waals surface area contributed by atoms with Gasteiger partial charge in [-0.1, -0.05) is 108 Å². The average Bonchev–Trinajstić information content (AvgIpc) is 3.45. The van der Waals surface area contributed by atoms with E-state index < -0.39 is 0 Å². The number of para-hydroxylation sites is 2. The Labute approximate surface area is 294 Å². The molecule has 4 aromatic rings. The van der Waals surface area contributed by atoms with Crippen LogP contribution in [-0.4, -0.2) is 16.6 Å². The fraction of sp³-hybridized carbons (Fsp3) is 0.381. The van der Waals surface area contributed by atoms with E-state index in [2.05, 4.69) is 93.6 Å². The van der Waals surface area contributed by atoms with Gasteiger partial charge in [0.1, 0.15) is 11.9 Å². The summed E-state index contributed by atoms with van der Waals surface area (Å²) in [5.74, 6) is 1.57. The Bertz CT molecular complexity index is 1760. The van der Waals surface area contributed by atoms with Crippen molar-refractivity contribution in [3.05, 3.63) is 119 Å². The van der Waals surface area contributed by atoms with Gasteiger partial charge in [0.05, 0.1) is 11.4 Å². The number of carbonyl (C=O) groups excluding carboxylic acids is 1. The van der Waals surface area contributed by atoms with Gasteiger partial charge in [0, 0.05) is 55.1 Å². The Morgan fingerprint density at radius 1 is 0.872 bits per heavy atom. The quantitative estimate of drug-likeness (QED) is 0.110. The second-order valence-electron chi connectivity index (χ2n) is 13.5. The van der Waals surface area contributed by atoms with Crippen molar-refractivity contribution in [1.29, 1.82) is 0 Å². The molecule has 1 N–H and O–H groups in total. The second kappa shape index (κ2) is 15.6. The monoisotopic (exact) mass is 807 g/mol. The number of hydrogen-bond donors (Lipinski definition) is 1. The number of aliphatic imine (C=N–C) groups is 1. The van der Waals surface area contributed by atoms with Gasteiger partial charge in [-0.15, -0.1) is 34.7 Å². The summed E-state index contributed by atoms with van der Waals surface area (Å²) in [5, 5.41) is 12.2. The van der Waals surface area contributed by atoms with E-state index in [0.717, 1.165) is 59.3 Å².